The molecule has 0 spiro atoms. The molecule has 4 aromatic rings. The van der Waals surface area contributed by atoms with Crippen LogP contribution >= 0.6 is 12.4 Å². The highest BCUT2D eigenvalue weighted by Gasteiger charge is 2.12. The van der Waals surface area contributed by atoms with Crippen LogP contribution in [0, 0.1) is 0 Å². The van der Waals surface area contributed by atoms with Gasteiger partial charge < -0.3 is 4.57 Å². The summed E-state index contributed by atoms with van der Waals surface area (Å²) in [5.74, 6) is 0.351. The molecule has 0 bridgehead atoms. The number of nitrogens with zero attached hydrogens (tertiary/aromatic N) is 2. The third kappa shape index (κ3) is 5.46. The van der Waals surface area contributed by atoms with Crippen molar-refractivity contribution < 1.29 is 0 Å². The third-order valence-corrected chi connectivity index (χ3v) is 5.00. The molecule has 29 heavy (non-hydrogen) atoms. The molecule has 2 nitrogen and oxygen atoms in total. The minimum atomic E-state index is 0. The van der Waals surface area contributed by atoms with Crippen molar-refractivity contribution in [3.8, 4) is 0 Å². The van der Waals surface area contributed by atoms with Crippen LogP contribution in [0.15, 0.2) is 110 Å². The quantitative estimate of drug-likeness (QED) is 0.342. The molecule has 4 rings (SSSR count). The maximum Gasteiger partial charge on any atom is 0.0953 e. The fourth-order valence-electron chi connectivity index (χ4n) is 3.54. The Morgan fingerprint density at radius 1 is 0.759 bits per heavy atom. The van der Waals surface area contributed by atoms with E-state index in [4.69, 9.17) is 0 Å². The second-order valence-corrected chi connectivity index (χ2v) is 6.94. The zero-order chi connectivity index (χ0) is 19.0. The van der Waals surface area contributed by atoms with Crippen molar-refractivity contribution in [1.29, 1.82) is 0 Å². The van der Waals surface area contributed by atoms with Crippen LogP contribution in [0.1, 0.15) is 34.7 Å². The lowest BCUT2D eigenvalue weighted by Gasteiger charge is -2.16. The van der Waals surface area contributed by atoms with Crippen LogP contribution in [0.2, 0.25) is 0 Å². The summed E-state index contributed by atoms with van der Waals surface area (Å²) in [4.78, 5) is 4.34. The number of halogens is 1. The van der Waals surface area contributed by atoms with Gasteiger partial charge in [-0.3, -0.25) is 0 Å². The zero-order valence-corrected chi connectivity index (χ0v) is 17.1. The van der Waals surface area contributed by atoms with Gasteiger partial charge in [0.15, 0.2) is 0 Å². The second-order valence-electron chi connectivity index (χ2n) is 6.94. The molecule has 3 aromatic carbocycles. The molecule has 0 saturated carbocycles. The first-order chi connectivity index (χ1) is 13.9. The Labute approximate surface area is 179 Å². The van der Waals surface area contributed by atoms with Crippen LogP contribution in [0.4, 0.5) is 0 Å². The van der Waals surface area contributed by atoms with Gasteiger partial charge in [-0.2, -0.15) is 0 Å². The van der Waals surface area contributed by atoms with E-state index in [1.165, 1.54) is 16.7 Å². The number of allylic oxidation sites excluding steroid dienone is 1. The highest BCUT2D eigenvalue weighted by Crippen LogP contribution is 2.28. The molecule has 1 aromatic heterocycles. The number of benzene rings is 3. The summed E-state index contributed by atoms with van der Waals surface area (Å²) in [6.45, 7) is 0.835. The van der Waals surface area contributed by atoms with Crippen molar-refractivity contribution in [2.24, 2.45) is 0 Å². The maximum atomic E-state index is 4.34. The predicted octanol–water partition coefficient (Wildman–Crippen LogP) is 6.59. The monoisotopic (exact) mass is 400 g/mol. The first-order valence-corrected chi connectivity index (χ1v) is 9.70. The van der Waals surface area contributed by atoms with Crippen LogP contribution in [-0.2, 0) is 6.54 Å². The Kier molecular flexibility index (Phi) is 7.43. The van der Waals surface area contributed by atoms with Crippen molar-refractivity contribution in [3.63, 3.8) is 0 Å². The molecule has 0 saturated heterocycles. The van der Waals surface area contributed by atoms with Crippen molar-refractivity contribution >= 4 is 18.5 Å². The average Bonchev–Trinajstić information content (AvgIpc) is 3.20. The van der Waals surface area contributed by atoms with E-state index in [9.17, 15) is 0 Å². The van der Waals surface area contributed by atoms with Crippen molar-refractivity contribution in [2.45, 2.75) is 18.9 Å². The number of hydrogen-bond acceptors (Lipinski definition) is 1. The normalized spacial score (nSPS) is 10.9. The van der Waals surface area contributed by atoms with E-state index in [0.717, 1.165) is 18.7 Å². The fraction of sp³-hybridized carbons (Fsp3) is 0.115. The zero-order valence-electron chi connectivity index (χ0n) is 16.3. The van der Waals surface area contributed by atoms with Gasteiger partial charge in [0.25, 0.3) is 0 Å². The molecule has 0 fully saturated rings. The van der Waals surface area contributed by atoms with Crippen molar-refractivity contribution in [2.75, 3.05) is 0 Å². The van der Waals surface area contributed by atoms with E-state index in [2.05, 4.69) is 107 Å². The minimum Gasteiger partial charge on any atom is -0.327 e. The number of imidazole rings is 1. The van der Waals surface area contributed by atoms with E-state index in [1.807, 2.05) is 18.6 Å². The summed E-state index contributed by atoms with van der Waals surface area (Å²) in [7, 11) is 0. The average molecular weight is 401 g/mol. The summed E-state index contributed by atoms with van der Waals surface area (Å²) >= 11 is 0. The topological polar surface area (TPSA) is 17.8 Å². The van der Waals surface area contributed by atoms with Gasteiger partial charge in [-0.15, -0.1) is 12.4 Å². The van der Waals surface area contributed by atoms with Gasteiger partial charge in [0.2, 0.25) is 0 Å². The van der Waals surface area contributed by atoms with Crippen LogP contribution < -0.4 is 0 Å². The van der Waals surface area contributed by atoms with Gasteiger partial charge in [0.05, 0.1) is 18.2 Å². The summed E-state index contributed by atoms with van der Waals surface area (Å²) < 4.78 is 2.19. The highest BCUT2D eigenvalue weighted by molar-refractivity contribution is 5.85. The van der Waals surface area contributed by atoms with Crippen molar-refractivity contribution in [3.05, 3.63) is 132 Å². The molecule has 0 atom stereocenters. The number of rotatable bonds is 7. The highest BCUT2D eigenvalue weighted by atomic mass is 35.5. The Bertz CT molecular complexity index is 969. The maximum absolute atomic E-state index is 4.34. The first-order valence-electron chi connectivity index (χ1n) is 9.70. The molecule has 0 N–H and O–H groups in total. The summed E-state index contributed by atoms with van der Waals surface area (Å²) in [6.07, 6.45) is 9.24. The standard InChI is InChI=1S/C26H24N2.ClH/c1-4-11-22(12-5-1)20-28-21-27-19-25(28)17-10-18-26(23-13-6-2-7-14-23)24-15-8-3-9-16-24;/h1-17,19,21,26H,18,20H2;1H. The molecule has 0 aliphatic carbocycles. The molecule has 3 heteroatoms. The lowest BCUT2D eigenvalue weighted by atomic mass is 9.88. The Balaban J connectivity index is 0.00000240. The number of aromatic nitrogens is 2. The van der Waals surface area contributed by atoms with Gasteiger partial charge in [0, 0.05) is 12.5 Å². The van der Waals surface area contributed by atoms with E-state index < -0.39 is 0 Å². The molecule has 0 radical (unpaired) electrons. The van der Waals surface area contributed by atoms with Gasteiger partial charge in [-0.05, 0) is 29.2 Å². The summed E-state index contributed by atoms with van der Waals surface area (Å²) in [5, 5.41) is 0. The van der Waals surface area contributed by atoms with Crippen LogP contribution in [-0.4, -0.2) is 9.55 Å². The molecule has 0 aliphatic rings. The third-order valence-electron chi connectivity index (χ3n) is 5.00. The molecule has 0 aliphatic heterocycles. The molecule has 0 amide bonds. The lowest BCUT2D eigenvalue weighted by Crippen LogP contribution is -2.01. The molecule has 1 heterocycles. The predicted molar refractivity (Wildman–Crippen MR) is 123 cm³/mol. The largest absolute Gasteiger partial charge is 0.327 e. The van der Waals surface area contributed by atoms with Gasteiger partial charge >= 0.3 is 0 Å². The Morgan fingerprint density at radius 2 is 1.31 bits per heavy atom. The van der Waals surface area contributed by atoms with Gasteiger partial charge in [0.1, 0.15) is 0 Å². The fourth-order valence-corrected chi connectivity index (χ4v) is 3.54. The lowest BCUT2D eigenvalue weighted by molar-refractivity contribution is 0.787. The van der Waals surface area contributed by atoms with E-state index in [-0.39, 0.29) is 12.4 Å². The first kappa shape index (κ1) is 20.6. The smallest absolute Gasteiger partial charge is 0.0953 e. The van der Waals surface area contributed by atoms with Gasteiger partial charge in [-0.1, -0.05) is 97.1 Å². The molecular weight excluding hydrogens is 376 g/mol. The second kappa shape index (κ2) is 10.4. The van der Waals surface area contributed by atoms with E-state index in [0.29, 0.717) is 5.92 Å². The van der Waals surface area contributed by atoms with Crippen LogP contribution in [0.25, 0.3) is 6.08 Å². The SMILES string of the molecule is C(=Cc1cncn1Cc1ccccc1)CC(c1ccccc1)c1ccccc1.Cl. The van der Waals surface area contributed by atoms with Crippen LogP contribution in [0.5, 0.6) is 0 Å². The summed E-state index contributed by atoms with van der Waals surface area (Å²) in [6, 6.07) is 32.0. The summed E-state index contributed by atoms with van der Waals surface area (Å²) in [5.41, 5.74) is 5.10. The van der Waals surface area contributed by atoms with Crippen LogP contribution in [0.3, 0.4) is 0 Å². The van der Waals surface area contributed by atoms with E-state index in [1.54, 1.807) is 0 Å². The molecule has 146 valence electrons. The van der Waals surface area contributed by atoms with E-state index >= 15 is 0 Å². The Hall–Kier alpha value is -3.10. The Morgan fingerprint density at radius 3 is 1.90 bits per heavy atom. The molecular formula is C26H25ClN2. The number of hydrogen-bond donors (Lipinski definition) is 0. The minimum absolute atomic E-state index is 0. The van der Waals surface area contributed by atoms with Gasteiger partial charge in [-0.25, -0.2) is 4.98 Å². The van der Waals surface area contributed by atoms with Crippen molar-refractivity contribution in [1.82, 2.24) is 9.55 Å². The molecule has 0 unspecified atom stereocenters.